The molecule has 1 heterocycles. The van der Waals surface area contributed by atoms with E-state index in [9.17, 15) is 0 Å². The van der Waals surface area contributed by atoms with Crippen LogP contribution >= 0.6 is 23.2 Å². The molecule has 1 aliphatic carbocycles. The molecule has 5 heteroatoms. The molecule has 0 amide bonds. The van der Waals surface area contributed by atoms with Gasteiger partial charge in [0.1, 0.15) is 11.9 Å². The number of ether oxygens (including phenoxy) is 1. The van der Waals surface area contributed by atoms with E-state index in [1.807, 2.05) is 12.1 Å². The van der Waals surface area contributed by atoms with E-state index in [4.69, 9.17) is 33.7 Å². The number of fused-ring (bicyclic) bond motifs is 1. The van der Waals surface area contributed by atoms with Crippen LogP contribution in [0.15, 0.2) is 42.5 Å². The first-order chi connectivity index (χ1) is 12.1. The highest BCUT2D eigenvalue weighted by Crippen LogP contribution is 2.40. The number of halogens is 2. The van der Waals surface area contributed by atoms with E-state index in [2.05, 4.69) is 29.2 Å². The number of benzene rings is 2. The highest BCUT2D eigenvalue weighted by atomic mass is 35.5. The summed E-state index contributed by atoms with van der Waals surface area (Å²) >= 11 is 12.4. The molecule has 3 nitrogen and oxygen atoms in total. The van der Waals surface area contributed by atoms with Crippen LogP contribution in [0.25, 0.3) is 0 Å². The van der Waals surface area contributed by atoms with Gasteiger partial charge in [0.2, 0.25) is 0 Å². The fraction of sp³-hybridized carbons (Fsp3) is 0.400. The third kappa shape index (κ3) is 3.52. The van der Waals surface area contributed by atoms with Crippen molar-refractivity contribution >= 4 is 23.2 Å². The third-order valence-corrected chi connectivity index (χ3v) is 5.78. The van der Waals surface area contributed by atoms with Gasteiger partial charge in [0.15, 0.2) is 0 Å². The molecule has 2 aromatic rings. The summed E-state index contributed by atoms with van der Waals surface area (Å²) in [5.74, 6) is 0.680. The molecule has 1 aliphatic heterocycles. The summed E-state index contributed by atoms with van der Waals surface area (Å²) in [4.78, 5) is 2.49. The molecular formula is C20H22Cl2N2O. The van der Waals surface area contributed by atoms with Crippen LogP contribution in [0.2, 0.25) is 10.0 Å². The summed E-state index contributed by atoms with van der Waals surface area (Å²) in [5.41, 5.74) is 8.81. The first-order valence-electron chi connectivity index (χ1n) is 8.81. The Balaban J connectivity index is 1.65. The molecule has 4 rings (SSSR count). The van der Waals surface area contributed by atoms with Gasteiger partial charge in [-0.2, -0.15) is 0 Å². The normalized spacial score (nSPS) is 26.4. The molecule has 25 heavy (non-hydrogen) atoms. The van der Waals surface area contributed by atoms with E-state index < -0.39 is 0 Å². The average Bonchev–Trinajstić information content (AvgIpc) is 2.96. The Morgan fingerprint density at radius 3 is 2.76 bits per heavy atom. The molecule has 0 spiro atoms. The van der Waals surface area contributed by atoms with Crippen LogP contribution in [0.5, 0.6) is 5.75 Å². The number of hydrogen-bond acceptors (Lipinski definition) is 3. The molecule has 0 bridgehead atoms. The van der Waals surface area contributed by atoms with Crippen molar-refractivity contribution in [3.8, 4) is 5.75 Å². The molecule has 2 N–H and O–H groups in total. The fourth-order valence-electron chi connectivity index (χ4n) is 4.05. The fourth-order valence-corrected chi connectivity index (χ4v) is 4.50. The smallest absolute Gasteiger partial charge is 0.140 e. The Morgan fingerprint density at radius 1 is 1.12 bits per heavy atom. The molecule has 0 unspecified atom stereocenters. The molecule has 0 aromatic heterocycles. The van der Waals surface area contributed by atoms with E-state index in [1.165, 1.54) is 11.1 Å². The lowest BCUT2D eigenvalue weighted by molar-refractivity contribution is 0.0594. The van der Waals surface area contributed by atoms with E-state index in [1.54, 1.807) is 6.07 Å². The standard InChI is InChI=1S/C20H22Cl2N2O/c21-14-7-8-19(17(22)11-14)25-20-16-6-2-1-4-13(16)10-18(20)24-9-3-5-15(23)12-24/h1-2,4,6-8,11,15,18,20H,3,5,9-10,12,23H2/t15-,18-,20+/m1/s1. The van der Waals surface area contributed by atoms with Crippen molar-refractivity contribution in [2.45, 2.75) is 37.5 Å². The summed E-state index contributed by atoms with van der Waals surface area (Å²) in [6, 6.07) is 14.4. The van der Waals surface area contributed by atoms with Gasteiger partial charge in [-0.15, -0.1) is 0 Å². The average molecular weight is 377 g/mol. The predicted octanol–water partition coefficient (Wildman–Crippen LogP) is 4.46. The van der Waals surface area contributed by atoms with Crippen molar-refractivity contribution < 1.29 is 4.74 Å². The predicted molar refractivity (Wildman–Crippen MR) is 103 cm³/mol. The zero-order chi connectivity index (χ0) is 17.4. The van der Waals surface area contributed by atoms with Crippen molar-refractivity contribution in [2.24, 2.45) is 5.73 Å². The molecule has 132 valence electrons. The summed E-state index contributed by atoms with van der Waals surface area (Å²) in [6.07, 6.45) is 3.19. The first-order valence-corrected chi connectivity index (χ1v) is 9.56. The van der Waals surface area contributed by atoms with Crippen molar-refractivity contribution in [3.05, 3.63) is 63.6 Å². The maximum absolute atomic E-state index is 6.42. The maximum Gasteiger partial charge on any atom is 0.140 e. The summed E-state index contributed by atoms with van der Waals surface area (Å²) in [5, 5.41) is 1.16. The second-order valence-electron chi connectivity index (χ2n) is 6.98. The summed E-state index contributed by atoms with van der Waals surface area (Å²) in [7, 11) is 0. The van der Waals surface area contributed by atoms with Gasteiger partial charge in [-0.1, -0.05) is 47.5 Å². The van der Waals surface area contributed by atoms with E-state index in [0.717, 1.165) is 32.4 Å². The number of likely N-dealkylation sites (tertiary alicyclic amines) is 1. The maximum atomic E-state index is 6.42. The van der Waals surface area contributed by atoms with Gasteiger partial charge in [0.25, 0.3) is 0 Å². The summed E-state index contributed by atoms with van der Waals surface area (Å²) < 4.78 is 6.42. The number of hydrogen-bond donors (Lipinski definition) is 1. The number of nitrogens with zero attached hydrogens (tertiary/aromatic N) is 1. The molecule has 2 aromatic carbocycles. The Hall–Kier alpha value is -1.26. The Kier molecular flexibility index (Phi) is 4.92. The second kappa shape index (κ2) is 7.16. The molecular weight excluding hydrogens is 355 g/mol. The lowest BCUT2D eigenvalue weighted by atomic mass is 10.0. The lowest BCUT2D eigenvalue weighted by Crippen LogP contribution is -2.49. The van der Waals surface area contributed by atoms with E-state index >= 15 is 0 Å². The van der Waals surface area contributed by atoms with Gasteiger partial charge in [0, 0.05) is 17.6 Å². The first kappa shape index (κ1) is 17.2. The van der Waals surface area contributed by atoms with Crippen LogP contribution < -0.4 is 10.5 Å². The number of rotatable bonds is 3. The number of nitrogens with two attached hydrogens (primary N) is 1. The molecule has 3 atom stereocenters. The Bertz CT molecular complexity index is 767. The van der Waals surface area contributed by atoms with Gasteiger partial charge in [-0.3, -0.25) is 4.90 Å². The third-order valence-electron chi connectivity index (χ3n) is 5.25. The monoisotopic (exact) mass is 376 g/mol. The van der Waals surface area contributed by atoms with Crippen LogP contribution in [0.3, 0.4) is 0 Å². The highest BCUT2D eigenvalue weighted by molar-refractivity contribution is 6.35. The Labute approximate surface area is 158 Å². The largest absolute Gasteiger partial charge is 0.482 e. The van der Waals surface area contributed by atoms with Crippen molar-refractivity contribution in [2.75, 3.05) is 13.1 Å². The van der Waals surface area contributed by atoms with Crippen molar-refractivity contribution in [1.82, 2.24) is 4.90 Å². The molecule has 1 saturated heterocycles. The van der Waals surface area contributed by atoms with Crippen molar-refractivity contribution in [1.29, 1.82) is 0 Å². The van der Waals surface area contributed by atoms with Crippen LogP contribution in [0.4, 0.5) is 0 Å². The minimum Gasteiger partial charge on any atom is -0.482 e. The highest BCUT2D eigenvalue weighted by Gasteiger charge is 2.39. The lowest BCUT2D eigenvalue weighted by Gasteiger charge is -2.38. The van der Waals surface area contributed by atoms with Crippen LogP contribution in [-0.2, 0) is 6.42 Å². The minimum atomic E-state index is -0.0415. The van der Waals surface area contributed by atoms with E-state index in [0.29, 0.717) is 15.8 Å². The minimum absolute atomic E-state index is 0.0415. The molecule has 2 aliphatic rings. The van der Waals surface area contributed by atoms with E-state index in [-0.39, 0.29) is 18.2 Å². The zero-order valence-corrected chi connectivity index (χ0v) is 15.5. The Morgan fingerprint density at radius 2 is 1.96 bits per heavy atom. The van der Waals surface area contributed by atoms with Gasteiger partial charge in [-0.25, -0.2) is 0 Å². The SMILES string of the molecule is N[C@@H]1CCCN([C@@H]2Cc3ccccc3[C@@H]2Oc2ccc(Cl)cc2Cl)C1. The van der Waals surface area contributed by atoms with Gasteiger partial charge in [0.05, 0.1) is 11.1 Å². The van der Waals surface area contributed by atoms with Gasteiger partial charge < -0.3 is 10.5 Å². The molecule has 0 radical (unpaired) electrons. The van der Waals surface area contributed by atoms with Crippen LogP contribution in [0.1, 0.15) is 30.1 Å². The molecule has 0 saturated carbocycles. The second-order valence-corrected chi connectivity index (χ2v) is 7.82. The quantitative estimate of drug-likeness (QED) is 0.858. The molecule has 1 fully saturated rings. The van der Waals surface area contributed by atoms with Gasteiger partial charge >= 0.3 is 0 Å². The summed E-state index contributed by atoms with van der Waals surface area (Å²) in [6.45, 7) is 1.99. The van der Waals surface area contributed by atoms with Crippen LogP contribution in [0, 0.1) is 0 Å². The van der Waals surface area contributed by atoms with Crippen molar-refractivity contribution in [3.63, 3.8) is 0 Å². The number of piperidine rings is 1. The van der Waals surface area contributed by atoms with Gasteiger partial charge in [-0.05, 0) is 55.1 Å². The topological polar surface area (TPSA) is 38.5 Å². The van der Waals surface area contributed by atoms with Crippen LogP contribution in [-0.4, -0.2) is 30.1 Å². The zero-order valence-electron chi connectivity index (χ0n) is 14.0.